The minimum Gasteiger partial charge on any atom is -0.377 e. The quantitative estimate of drug-likeness (QED) is 0.0595. The summed E-state index contributed by atoms with van der Waals surface area (Å²) in [6.07, 6.45) is 23.8. The molecule has 0 aromatic heterocycles. The molecule has 13 heteroatoms. The molecule has 0 spiro atoms. The second-order valence-electron chi connectivity index (χ2n) is 12.6. The topological polar surface area (TPSA) is 160 Å². The van der Waals surface area contributed by atoms with Crippen molar-refractivity contribution in [2.45, 2.75) is 122 Å². The fraction of sp³-hybridized carbons (Fsp3) is 0.895. The molecule has 0 heterocycles. The van der Waals surface area contributed by atoms with Gasteiger partial charge in [0.25, 0.3) is 0 Å². The van der Waals surface area contributed by atoms with Crippen molar-refractivity contribution < 1.29 is 47.6 Å². The molecule has 0 atom stereocenters. The van der Waals surface area contributed by atoms with Crippen molar-refractivity contribution in [1.82, 2.24) is 16.0 Å². The zero-order valence-electron chi connectivity index (χ0n) is 32.0. The number of carbonyl (C=O) groups excluding carboxylic acids is 4. The first kappa shape index (κ1) is 48.8. The van der Waals surface area contributed by atoms with E-state index in [-0.39, 0.29) is 50.8 Å². The second-order valence-corrected chi connectivity index (χ2v) is 12.6. The van der Waals surface area contributed by atoms with E-state index in [9.17, 15) is 19.2 Å². The van der Waals surface area contributed by atoms with Crippen LogP contribution in [0, 0.1) is 0 Å². The third kappa shape index (κ3) is 42.1. The van der Waals surface area contributed by atoms with Gasteiger partial charge in [-0.1, -0.05) is 110 Å². The van der Waals surface area contributed by atoms with Crippen LogP contribution in [0.2, 0.25) is 0 Å². The molecule has 0 aromatic carbocycles. The molecule has 0 rings (SSSR count). The summed E-state index contributed by atoms with van der Waals surface area (Å²) >= 11 is 0. The van der Waals surface area contributed by atoms with E-state index in [0.717, 1.165) is 12.8 Å². The van der Waals surface area contributed by atoms with E-state index in [4.69, 9.17) is 28.4 Å². The smallest absolute Gasteiger partial charge is 0.246 e. The van der Waals surface area contributed by atoms with Crippen molar-refractivity contribution >= 4 is 24.0 Å². The first-order chi connectivity index (χ1) is 25.1. The number of amides is 3. The number of hydrogen-bond acceptors (Lipinski definition) is 10. The van der Waals surface area contributed by atoms with Gasteiger partial charge < -0.3 is 49.2 Å². The molecular weight excluding hydrogens is 658 g/mol. The molecule has 0 aliphatic carbocycles. The van der Waals surface area contributed by atoms with Crippen molar-refractivity contribution in [3.05, 3.63) is 0 Å². The lowest BCUT2D eigenvalue weighted by molar-refractivity contribution is -0.127. The summed E-state index contributed by atoms with van der Waals surface area (Å²) in [5, 5.41) is 8.25. The molecule has 0 aliphatic rings. The van der Waals surface area contributed by atoms with Gasteiger partial charge in [0.05, 0.1) is 59.5 Å². The largest absolute Gasteiger partial charge is 0.377 e. The molecule has 0 radical (unpaired) electrons. The van der Waals surface area contributed by atoms with Gasteiger partial charge in [-0.2, -0.15) is 0 Å². The van der Waals surface area contributed by atoms with Gasteiger partial charge in [0.1, 0.15) is 26.1 Å². The van der Waals surface area contributed by atoms with Crippen LogP contribution in [-0.4, -0.2) is 123 Å². The zero-order valence-corrected chi connectivity index (χ0v) is 32.0. The van der Waals surface area contributed by atoms with Crippen LogP contribution >= 0.6 is 0 Å². The first-order valence-electron chi connectivity index (χ1n) is 19.8. The van der Waals surface area contributed by atoms with Crippen LogP contribution in [0.3, 0.4) is 0 Å². The minimum absolute atomic E-state index is 0.0475. The van der Waals surface area contributed by atoms with E-state index >= 15 is 0 Å². The van der Waals surface area contributed by atoms with E-state index in [2.05, 4.69) is 22.9 Å². The molecule has 0 unspecified atom stereocenters. The summed E-state index contributed by atoms with van der Waals surface area (Å²) in [6, 6.07) is 0. The Kier molecular flexibility index (Phi) is 40.5. The average Bonchev–Trinajstić information content (AvgIpc) is 3.12. The molecule has 0 saturated carbocycles. The van der Waals surface area contributed by atoms with Crippen LogP contribution in [0.5, 0.6) is 0 Å². The molecule has 0 aromatic rings. The molecule has 0 bridgehead atoms. The van der Waals surface area contributed by atoms with Crippen LogP contribution in [0.1, 0.15) is 122 Å². The van der Waals surface area contributed by atoms with E-state index in [0.29, 0.717) is 78.6 Å². The lowest BCUT2D eigenvalue weighted by Gasteiger charge is -2.09. The molecule has 0 saturated heterocycles. The van der Waals surface area contributed by atoms with Crippen molar-refractivity contribution in [3.8, 4) is 0 Å². The van der Waals surface area contributed by atoms with Crippen LogP contribution in [-0.2, 0) is 47.6 Å². The summed E-state index contributed by atoms with van der Waals surface area (Å²) in [5.74, 6) is -0.437. The van der Waals surface area contributed by atoms with Gasteiger partial charge in [0.15, 0.2) is 0 Å². The third-order valence-electron chi connectivity index (χ3n) is 7.98. The zero-order chi connectivity index (χ0) is 37.1. The minimum atomic E-state index is -0.258. The average molecular weight is 732 g/mol. The highest BCUT2D eigenvalue weighted by Gasteiger charge is 2.04. The Morgan fingerprint density at radius 1 is 0.412 bits per heavy atom. The van der Waals surface area contributed by atoms with E-state index in [1.807, 2.05) is 0 Å². The van der Waals surface area contributed by atoms with Crippen LogP contribution < -0.4 is 16.0 Å². The van der Waals surface area contributed by atoms with Gasteiger partial charge in [-0.3, -0.25) is 14.4 Å². The Morgan fingerprint density at radius 2 is 0.745 bits per heavy atom. The highest BCUT2D eigenvalue weighted by atomic mass is 16.5. The normalized spacial score (nSPS) is 11.1. The fourth-order valence-electron chi connectivity index (χ4n) is 5.11. The van der Waals surface area contributed by atoms with Crippen molar-refractivity contribution in [2.24, 2.45) is 0 Å². The Bertz CT molecular complexity index is 791. The highest BCUT2D eigenvalue weighted by molar-refractivity contribution is 5.77. The highest BCUT2D eigenvalue weighted by Crippen LogP contribution is 2.14. The maximum atomic E-state index is 12.0. The van der Waals surface area contributed by atoms with Crippen LogP contribution in [0.4, 0.5) is 0 Å². The lowest BCUT2D eigenvalue weighted by Crippen LogP contribution is -2.32. The molecule has 3 N–H and O–H groups in total. The van der Waals surface area contributed by atoms with Gasteiger partial charge in [-0.15, -0.1) is 0 Å². The summed E-state index contributed by atoms with van der Waals surface area (Å²) in [5.41, 5.74) is 0. The van der Waals surface area contributed by atoms with Crippen LogP contribution in [0.15, 0.2) is 0 Å². The standard InChI is InChI=1S/C38H73N3O10/c1-2-3-4-5-6-7-8-9-10-11-12-13-14-15-16-17-18-19-36(43)39-20-24-47-30-32-50-35-38(45)41-22-26-48-31-33-51-34-37(44)40-21-25-46-28-29-49-27-23-42/h23H,2-22,24-35H2,1H3,(H,39,43)(H,40,44)(H,41,45). The SMILES string of the molecule is CCCCCCCCCCCCCCCCCCCC(=O)NCCOCCOCC(=O)NCCOCCOCC(=O)NCCOCCOCC=O. The lowest BCUT2D eigenvalue weighted by atomic mass is 10.0. The Labute approximate surface area is 308 Å². The predicted octanol–water partition coefficient (Wildman–Crippen LogP) is 4.68. The number of ether oxygens (including phenoxy) is 6. The Morgan fingerprint density at radius 3 is 1.14 bits per heavy atom. The number of hydrogen-bond donors (Lipinski definition) is 3. The van der Waals surface area contributed by atoms with E-state index < -0.39 is 0 Å². The maximum Gasteiger partial charge on any atom is 0.246 e. The number of unbranched alkanes of at least 4 members (excludes halogenated alkanes) is 16. The van der Waals surface area contributed by atoms with Gasteiger partial charge in [0.2, 0.25) is 17.7 Å². The molecular formula is C38H73N3O10. The number of aldehydes is 1. The second kappa shape index (κ2) is 42.3. The number of rotatable bonds is 42. The van der Waals surface area contributed by atoms with Gasteiger partial charge in [-0.05, 0) is 6.42 Å². The molecule has 51 heavy (non-hydrogen) atoms. The van der Waals surface area contributed by atoms with E-state index in [1.165, 1.54) is 96.3 Å². The van der Waals surface area contributed by atoms with Crippen molar-refractivity contribution in [3.63, 3.8) is 0 Å². The summed E-state index contributed by atoms with van der Waals surface area (Å²) in [6.45, 7) is 6.21. The van der Waals surface area contributed by atoms with Gasteiger partial charge >= 0.3 is 0 Å². The Balaban J connectivity index is 3.30. The van der Waals surface area contributed by atoms with Crippen molar-refractivity contribution in [1.29, 1.82) is 0 Å². The number of nitrogens with one attached hydrogen (secondary N) is 3. The predicted molar refractivity (Wildman–Crippen MR) is 199 cm³/mol. The van der Waals surface area contributed by atoms with E-state index in [1.54, 1.807) is 0 Å². The summed E-state index contributed by atoms with van der Waals surface area (Å²) < 4.78 is 31.6. The molecule has 0 fully saturated rings. The number of carbonyl (C=O) groups is 4. The van der Waals surface area contributed by atoms with Crippen molar-refractivity contribution in [2.75, 3.05) is 98.9 Å². The Hall–Kier alpha value is -2.16. The molecule has 0 aliphatic heterocycles. The monoisotopic (exact) mass is 732 g/mol. The molecule has 300 valence electrons. The van der Waals surface area contributed by atoms with Gasteiger partial charge in [0, 0.05) is 26.1 Å². The maximum absolute atomic E-state index is 12.0. The van der Waals surface area contributed by atoms with Crippen LogP contribution in [0.25, 0.3) is 0 Å². The molecule has 3 amide bonds. The summed E-state index contributed by atoms with van der Waals surface area (Å²) in [7, 11) is 0. The molecule has 13 nitrogen and oxygen atoms in total. The summed E-state index contributed by atoms with van der Waals surface area (Å²) in [4.78, 5) is 45.6. The first-order valence-corrected chi connectivity index (χ1v) is 19.8. The fourth-order valence-corrected chi connectivity index (χ4v) is 5.11. The van der Waals surface area contributed by atoms with Gasteiger partial charge in [-0.25, -0.2) is 0 Å². The third-order valence-corrected chi connectivity index (χ3v) is 7.98.